The molecule has 0 unspecified atom stereocenters. The Labute approximate surface area is 98.9 Å². The Balaban J connectivity index is 0. The number of rotatable bonds is 0. The van der Waals surface area contributed by atoms with Crippen molar-refractivity contribution in [2.24, 2.45) is 0 Å². The van der Waals surface area contributed by atoms with E-state index >= 15 is 0 Å². The van der Waals surface area contributed by atoms with Gasteiger partial charge in [-0.3, -0.25) is 0 Å². The van der Waals surface area contributed by atoms with Crippen molar-refractivity contribution in [3.63, 3.8) is 0 Å². The molecule has 0 saturated heterocycles. The average Bonchev–Trinajstić information content (AvgIpc) is 2.67. The molecular formula is C10H11ClZr+2. The van der Waals surface area contributed by atoms with Crippen molar-refractivity contribution in [2.45, 2.75) is 0 Å². The smallest absolute Gasteiger partial charge is 0.214 e. The second-order valence-corrected chi connectivity index (χ2v) is 1.92. The zero-order chi connectivity index (χ0) is 7.07. The van der Waals surface area contributed by atoms with E-state index in [2.05, 4.69) is 0 Å². The van der Waals surface area contributed by atoms with Crippen LogP contribution in [0.3, 0.4) is 0 Å². The van der Waals surface area contributed by atoms with E-state index in [-0.39, 0.29) is 38.6 Å². The molecule has 0 saturated carbocycles. The standard InChI is InChI=1S/2C5H5.ClH.Zr/c2*1-2-4-5-3-1;;/h2*1-5H;1H;/q2*-1;;+4. The SMILES string of the molecule is Cl.[Zr+4].c1cc[cH-]c1.c1cc[cH-]c1. The molecule has 2 heteroatoms. The summed E-state index contributed by atoms with van der Waals surface area (Å²) in [5.41, 5.74) is 0. The topological polar surface area (TPSA) is 0 Å². The first kappa shape index (κ1) is 14.4. The summed E-state index contributed by atoms with van der Waals surface area (Å²) in [5.74, 6) is 0. The maximum atomic E-state index is 2.00. The predicted octanol–water partition coefficient (Wildman–Crippen LogP) is 3.23. The van der Waals surface area contributed by atoms with Crippen molar-refractivity contribution < 1.29 is 26.2 Å². The molecule has 60 valence electrons. The van der Waals surface area contributed by atoms with Gasteiger partial charge in [0.2, 0.25) is 0 Å². The van der Waals surface area contributed by atoms with Gasteiger partial charge in [0, 0.05) is 0 Å². The third-order valence-electron chi connectivity index (χ3n) is 1.11. The van der Waals surface area contributed by atoms with Crippen molar-refractivity contribution in [1.82, 2.24) is 0 Å². The molecule has 0 aliphatic heterocycles. The van der Waals surface area contributed by atoms with Crippen LogP contribution in [-0.4, -0.2) is 0 Å². The van der Waals surface area contributed by atoms with Gasteiger partial charge in [0.25, 0.3) is 0 Å². The molecule has 0 amide bonds. The minimum absolute atomic E-state index is 0. The normalized spacial score (nSPS) is 6.67. The minimum atomic E-state index is 0. The summed E-state index contributed by atoms with van der Waals surface area (Å²) in [4.78, 5) is 0. The van der Waals surface area contributed by atoms with Gasteiger partial charge in [-0.15, -0.1) is 12.4 Å². The minimum Gasteiger partial charge on any atom is -0.214 e. The van der Waals surface area contributed by atoms with E-state index in [1.165, 1.54) is 0 Å². The molecule has 0 heterocycles. The zero-order valence-corrected chi connectivity index (χ0v) is 9.96. The molecule has 2 rings (SSSR count). The van der Waals surface area contributed by atoms with Crippen LogP contribution in [-0.2, 0) is 26.2 Å². The van der Waals surface area contributed by atoms with Crippen LogP contribution in [0.1, 0.15) is 0 Å². The van der Waals surface area contributed by atoms with Crippen molar-refractivity contribution in [1.29, 1.82) is 0 Å². The summed E-state index contributed by atoms with van der Waals surface area (Å²) in [7, 11) is 0. The van der Waals surface area contributed by atoms with E-state index < -0.39 is 0 Å². The van der Waals surface area contributed by atoms with Crippen LogP contribution in [0.5, 0.6) is 0 Å². The molecule has 0 aliphatic rings. The summed E-state index contributed by atoms with van der Waals surface area (Å²) in [5, 5.41) is 0. The Kier molecular flexibility index (Phi) is 13.0. The third kappa shape index (κ3) is 7.97. The first-order valence-corrected chi connectivity index (χ1v) is 3.33. The average molecular weight is 258 g/mol. The molecule has 0 N–H and O–H groups in total. The van der Waals surface area contributed by atoms with E-state index in [0.717, 1.165) is 0 Å². The van der Waals surface area contributed by atoms with Crippen LogP contribution in [0.2, 0.25) is 0 Å². The summed E-state index contributed by atoms with van der Waals surface area (Å²) >= 11 is 0. The van der Waals surface area contributed by atoms with Gasteiger partial charge < -0.3 is 0 Å². The molecule has 2 aromatic carbocycles. The van der Waals surface area contributed by atoms with Crippen LogP contribution < -0.4 is 0 Å². The Morgan fingerprint density at radius 1 is 0.583 bits per heavy atom. The number of hydrogen-bond donors (Lipinski definition) is 0. The number of hydrogen-bond acceptors (Lipinski definition) is 0. The van der Waals surface area contributed by atoms with Crippen molar-refractivity contribution in [2.75, 3.05) is 0 Å². The molecule has 0 nitrogen and oxygen atoms in total. The van der Waals surface area contributed by atoms with Crippen LogP contribution in [0.15, 0.2) is 60.7 Å². The first-order valence-electron chi connectivity index (χ1n) is 3.33. The summed E-state index contributed by atoms with van der Waals surface area (Å²) in [6.45, 7) is 0. The first-order chi connectivity index (χ1) is 5.00. The van der Waals surface area contributed by atoms with Crippen molar-refractivity contribution in [3.8, 4) is 0 Å². The Morgan fingerprint density at radius 2 is 0.833 bits per heavy atom. The van der Waals surface area contributed by atoms with Gasteiger partial charge in [0.15, 0.2) is 0 Å². The van der Waals surface area contributed by atoms with E-state index in [0.29, 0.717) is 0 Å². The van der Waals surface area contributed by atoms with Gasteiger partial charge in [0.05, 0.1) is 0 Å². The maximum Gasteiger partial charge on any atom is 4.00 e. The second kappa shape index (κ2) is 10.9. The Morgan fingerprint density at radius 3 is 0.917 bits per heavy atom. The van der Waals surface area contributed by atoms with Crippen LogP contribution in [0, 0.1) is 0 Å². The van der Waals surface area contributed by atoms with Gasteiger partial charge in [-0.05, 0) is 0 Å². The molecular weight excluding hydrogens is 247 g/mol. The molecule has 0 atom stereocenters. The zero-order valence-electron chi connectivity index (χ0n) is 6.68. The second-order valence-electron chi connectivity index (χ2n) is 1.92. The van der Waals surface area contributed by atoms with Crippen molar-refractivity contribution >= 4 is 12.4 Å². The van der Waals surface area contributed by atoms with Crippen LogP contribution >= 0.6 is 12.4 Å². The Bertz CT molecular complexity index is 149. The van der Waals surface area contributed by atoms with E-state index in [4.69, 9.17) is 0 Å². The quantitative estimate of drug-likeness (QED) is 0.636. The molecule has 2 aromatic rings. The third-order valence-corrected chi connectivity index (χ3v) is 1.11. The molecule has 12 heavy (non-hydrogen) atoms. The van der Waals surface area contributed by atoms with Gasteiger partial charge in [0.1, 0.15) is 0 Å². The van der Waals surface area contributed by atoms with Crippen molar-refractivity contribution in [3.05, 3.63) is 60.7 Å². The molecule has 0 aromatic heterocycles. The van der Waals surface area contributed by atoms with Gasteiger partial charge in [-0.25, -0.2) is 24.3 Å². The maximum absolute atomic E-state index is 2.00. The summed E-state index contributed by atoms with van der Waals surface area (Å²) in [6.07, 6.45) is 0. The Hall–Kier alpha value is -0.127. The molecule has 0 aliphatic carbocycles. The fraction of sp³-hybridized carbons (Fsp3) is 0. The number of halogens is 1. The monoisotopic (exact) mass is 256 g/mol. The summed E-state index contributed by atoms with van der Waals surface area (Å²) in [6, 6.07) is 20.0. The molecule has 0 bridgehead atoms. The molecule has 0 fully saturated rings. The van der Waals surface area contributed by atoms with Crippen LogP contribution in [0.4, 0.5) is 0 Å². The fourth-order valence-electron chi connectivity index (χ4n) is 0.642. The van der Waals surface area contributed by atoms with E-state index in [1.54, 1.807) is 0 Å². The van der Waals surface area contributed by atoms with Gasteiger partial charge >= 0.3 is 26.2 Å². The van der Waals surface area contributed by atoms with Crippen LogP contribution in [0.25, 0.3) is 0 Å². The van der Waals surface area contributed by atoms with Gasteiger partial charge in [-0.2, -0.15) is 36.4 Å². The largest absolute Gasteiger partial charge is 4.00 e. The fourth-order valence-corrected chi connectivity index (χ4v) is 0.642. The van der Waals surface area contributed by atoms with E-state index in [1.807, 2.05) is 60.7 Å². The van der Waals surface area contributed by atoms with E-state index in [9.17, 15) is 0 Å². The predicted molar refractivity (Wildman–Crippen MR) is 51.3 cm³/mol. The molecule has 0 spiro atoms. The molecule has 0 radical (unpaired) electrons. The van der Waals surface area contributed by atoms with Gasteiger partial charge in [-0.1, -0.05) is 0 Å². The summed E-state index contributed by atoms with van der Waals surface area (Å²) < 4.78 is 0.